The fourth-order valence-electron chi connectivity index (χ4n) is 4.03. The van der Waals surface area contributed by atoms with Gasteiger partial charge in [0.15, 0.2) is 0 Å². The van der Waals surface area contributed by atoms with Crippen LogP contribution in [0.25, 0.3) is 10.9 Å². The first kappa shape index (κ1) is 20.0. The maximum atomic E-state index is 12.7. The van der Waals surface area contributed by atoms with Gasteiger partial charge in [0.25, 0.3) is 0 Å². The van der Waals surface area contributed by atoms with E-state index in [1.54, 1.807) is 18.3 Å². The van der Waals surface area contributed by atoms with Crippen LogP contribution in [-0.4, -0.2) is 17.0 Å². The van der Waals surface area contributed by atoms with Crippen LogP contribution in [0.5, 0.6) is 5.75 Å². The van der Waals surface area contributed by atoms with Crippen LogP contribution in [-0.2, 0) is 11.0 Å². The Hall–Kier alpha value is -2.96. The van der Waals surface area contributed by atoms with Gasteiger partial charge in [-0.25, -0.2) is 0 Å². The maximum absolute atomic E-state index is 12.7. The molecule has 0 bridgehead atoms. The first-order valence-corrected chi connectivity index (χ1v) is 10.5. The van der Waals surface area contributed by atoms with Crippen LogP contribution in [0.2, 0.25) is 0 Å². The number of alkyl halides is 3. The summed E-state index contributed by atoms with van der Waals surface area (Å²) in [7, 11) is 0. The third kappa shape index (κ3) is 3.89. The van der Waals surface area contributed by atoms with Crippen molar-refractivity contribution in [2.75, 3.05) is 5.32 Å². The summed E-state index contributed by atoms with van der Waals surface area (Å²) in [4.78, 5) is 15.6. The smallest absolute Gasteiger partial charge is 0.416 e. The highest BCUT2D eigenvalue weighted by Gasteiger charge is 2.45. The quantitative estimate of drug-likeness (QED) is 0.505. The highest BCUT2D eigenvalue weighted by atomic mass is 19.4. The van der Waals surface area contributed by atoms with Crippen molar-refractivity contribution in [2.45, 2.75) is 50.8 Å². The number of aromatic nitrogens is 1. The van der Waals surface area contributed by atoms with E-state index < -0.39 is 11.7 Å². The fraction of sp³-hybridized carbons (Fsp3) is 0.375. The van der Waals surface area contributed by atoms with Gasteiger partial charge in [-0.05, 0) is 67.5 Å². The number of halogens is 3. The monoisotopic (exact) mass is 428 g/mol. The normalized spacial score (nSPS) is 22.1. The van der Waals surface area contributed by atoms with Crippen molar-refractivity contribution in [3.8, 4) is 5.75 Å². The van der Waals surface area contributed by atoms with Crippen LogP contribution in [0, 0.1) is 5.41 Å². The van der Waals surface area contributed by atoms with E-state index in [1.165, 1.54) is 0 Å². The Labute approximate surface area is 177 Å². The summed E-state index contributed by atoms with van der Waals surface area (Å²) >= 11 is 0. The second-order valence-corrected chi connectivity index (χ2v) is 8.95. The molecule has 1 aromatic heterocycles. The Morgan fingerprint density at radius 2 is 1.84 bits per heavy atom. The summed E-state index contributed by atoms with van der Waals surface area (Å²) in [5, 5.41) is 3.91. The molecule has 2 fully saturated rings. The number of nitrogens with one attached hydrogen (secondary N) is 2. The third-order valence-electron chi connectivity index (χ3n) is 6.56. The van der Waals surface area contributed by atoms with Gasteiger partial charge in [0.1, 0.15) is 5.75 Å². The van der Waals surface area contributed by atoms with Gasteiger partial charge in [0.2, 0.25) is 5.91 Å². The van der Waals surface area contributed by atoms with Crippen molar-refractivity contribution in [3.63, 3.8) is 0 Å². The fourth-order valence-corrected chi connectivity index (χ4v) is 4.03. The molecule has 162 valence electrons. The topological polar surface area (TPSA) is 54.1 Å². The van der Waals surface area contributed by atoms with Crippen LogP contribution in [0.15, 0.2) is 48.7 Å². The average Bonchev–Trinajstić information content (AvgIpc) is 3.34. The van der Waals surface area contributed by atoms with E-state index in [9.17, 15) is 18.0 Å². The van der Waals surface area contributed by atoms with E-state index in [-0.39, 0.29) is 23.3 Å². The highest BCUT2D eigenvalue weighted by Crippen LogP contribution is 2.46. The Balaban J connectivity index is 1.22. The van der Waals surface area contributed by atoms with E-state index >= 15 is 0 Å². The number of carbonyl (C=O) groups excluding carboxylic acids is 1. The van der Waals surface area contributed by atoms with Crippen molar-refractivity contribution in [1.82, 2.24) is 4.98 Å². The Morgan fingerprint density at radius 3 is 2.48 bits per heavy atom. The van der Waals surface area contributed by atoms with Gasteiger partial charge in [0.05, 0.1) is 17.4 Å². The first-order valence-electron chi connectivity index (χ1n) is 10.5. The summed E-state index contributed by atoms with van der Waals surface area (Å²) in [6, 6.07) is 11.1. The molecule has 2 N–H and O–H groups in total. The second kappa shape index (κ2) is 7.04. The predicted molar refractivity (Wildman–Crippen MR) is 112 cm³/mol. The number of hydrogen-bond donors (Lipinski definition) is 2. The average molecular weight is 428 g/mol. The number of benzene rings is 2. The lowest BCUT2D eigenvalue weighted by Crippen LogP contribution is -2.32. The number of aromatic amines is 1. The zero-order valence-corrected chi connectivity index (χ0v) is 17.1. The lowest BCUT2D eigenvalue weighted by molar-refractivity contribution is -0.137. The number of fused-ring (bicyclic) bond motifs is 1. The van der Waals surface area contributed by atoms with Crippen molar-refractivity contribution >= 4 is 22.5 Å². The molecule has 2 aliphatic rings. The van der Waals surface area contributed by atoms with E-state index in [1.807, 2.05) is 25.1 Å². The third-order valence-corrected chi connectivity index (χ3v) is 6.56. The standard InChI is InChI=1S/C24H23F3N2O2/c1-23(8-9-23)22(30)29-21-13-28-20-7-6-17(12-19(20)21)31-18-10-15(11-18)14-2-4-16(5-3-14)24(25,26)27/h2-7,12-13,15,18,28H,8-11H2,1H3,(H,29,30). The molecule has 5 rings (SSSR count). The minimum Gasteiger partial charge on any atom is -0.490 e. The van der Waals surface area contributed by atoms with Gasteiger partial charge in [0, 0.05) is 22.5 Å². The largest absolute Gasteiger partial charge is 0.490 e. The molecule has 0 saturated heterocycles. The molecule has 2 aromatic carbocycles. The lowest BCUT2D eigenvalue weighted by Gasteiger charge is -2.35. The van der Waals surface area contributed by atoms with Crippen LogP contribution in [0.3, 0.4) is 0 Å². The van der Waals surface area contributed by atoms with Crippen molar-refractivity contribution in [3.05, 3.63) is 59.8 Å². The predicted octanol–water partition coefficient (Wildman–Crippen LogP) is 6.25. The van der Waals surface area contributed by atoms with Crippen molar-refractivity contribution in [1.29, 1.82) is 0 Å². The summed E-state index contributed by atoms with van der Waals surface area (Å²) in [6.07, 6.45) is 0.857. The zero-order valence-electron chi connectivity index (χ0n) is 17.1. The summed E-state index contributed by atoms with van der Waals surface area (Å²) in [5.41, 5.74) is 1.70. The molecule has 31 heavy (non-hydrogen) atoms. The van der Waals surface area contributed by atoms with E-state index in [2.05, 4.69) is 10.3 Å². The Morgan fingerprint density at radius 1 is 1.13 bits per heavy atom. The van der Waals surface area contributed by atoms with Gasteiger partial charge in [-0.3, -0.25) is 4.79 Å². The molecule has 0 unspecified atom stereocenters. The SMILES string of the molecule is CC1(C(=O)Nc2c[nH]c3ccc(OC4CC(c5ccc(C(F)(F)F)cc5)C4)cc23)CC1. The first-order chi connectivity index (χ1) is 14.7. The maximum Gasteiger partial charge on any atom is 0.416 e. The van der Waals surface area contributed by atoms with Crippen LogP contribution in [0.1, 0.15) is 49.7 Å². The molecule has 3 aromatic rings. The molecular weight excluding hydrogens is 405 g/mol. The summed E-state index contributed by atoms with van der Waals surface area (Å²) in [6.45, 7) is 1.97. The van der Waals surface area contributed by atoms with Crippen LogP contribution >= 0.6 is 0 Å². The number of amides is 1. The van der Waals surface area contributed by atoms with Crippen LogP contribution < -0.4 is 10.1 Å². The van der Waals surface area contributed by atoms with E-state index in [4.69, 9.17) is 4.74 Å². The lowest BCUT2D eigenvalue weighted by atomic mass is 9.77. The van der Waals surface area contributed by atoms with Gasteiger partial charge < -0.3 is 15.0 Å². The van der Waals surface area contributed by atoms with Gasteiger partial charge >= 0.3 is 6.18 Å². The molecule has 1 amide bonds. The molecule has 7 heteroatoms. The molecular formula is C24H23F3N2O2. The van der Waals surface area contributed by atoms with Crippen molar-refractivity contribution in [2.24, 2.45) is 5.41 Å². The van der Waals surface area contributed by atoms with Gasteiger partial charge in [-0.1, -0.05) is 19.1 Å². The number of rotatable bonds is 5. The Kier molecular flexibility index (Phi) is 4.53. The Bertz CT molecular complexity index is 1120. The van der Waals surface area contributed by atoms with E-state index in [0.717, 1.165) is 65.7 Å². The molecule has 2 saturated carbocycles. The molecule has 0 atom stereocenters. The number of anilines is 1. The summed E-state index contributed by atoms with van der Waals surface area (Å²) in [5.74, 6) is 0.964. The minimum atomic E-state index is -4.31. The molecule has 4 nitrogen and oxygen atoms in total. The zero-order chi connectivity index (χ0) is 21.8. The van der Waals surface area contributed by atoms with Crippen molar-refractivity contribution < 1.29 is 22.7 Å². The van der Waals surface area contributed by atoms with Crippen LogP contribution in [0.4, 0.5) is 18.9 Å². The highest BCUT2D eigenvalue weighted by molar-refractivity contribution is 6.04. The number of ether oxygens (including phenoxy) is 1. The van der Waals surface area contributed by atoms with E-state index in [0.29, 0.717) is 0 Å². The number of carbonyl (C=O) groups is 1. The number of H-pyrrole nitrogens is 1. The van der Waals surface area contributed by atoms with Gasteiger partial charge in [-0.15, -0.1) is 0 Å². The molecule has 0 aliphatic heterocycles. The molecule has 1 heterocycles. The minimum absolute atomic E-state index is 0.0205. The molecule has 0 radical (unpaired) electrons. The molecule has 2 aliphatic carbocycles. The van der Waals surface area contributed by atoms with Gasteiger partial charge in [-0.2, -0.15) is 13.2 Å². The number of hydrogen-bond acceptors (Lipinski definition) is 2. The second-order valence-electron chi connectivity index (χ2n) is 8.95. The summed E-state index contributed by atoms with van der Waals surface area (Å²) < 4.78 is 44.3. The molecule has 0 spiro atoms.